The number of hydrogen-bond donors (Lipinski definition) is 1. The Hall–Kier alpha value is -2.00. The van der Waals surface area contributed by atoms with Crippen LogP contribution in [0, 0.1) is 0 Å². The highest BCUT2D eigenvalue weighted by atomic mass is 16.5. The fourth-order valence-corrected chi connectivity index (χ4v) is 2.36. The highest BCUT2D eigenvalue weighted by Gasteiger charge is 2.12. The first-order chi connectivity index (χ1) is 10.3. The Bertz CT molecular complexity index is 547. The third-order valence-corrected chi connectivity index (χ3v) is 3.60. The Morgan fingerprint density at radius 3 is 2.38 bits per heavy atom. The predicted octanol–water partition coefficient (Wildman–Crippen LogP) is 3.94. The molecule has 21 heavy (non-hydrogen) atoms. The van der Waals surface area contributed by atoms with E-state index >= 15 is 0 Å². The molecule has 0 heterocycles. The van der Waals surface area contributed by atoms with Gasteiger partial charge in [0.05, 0.1) is 7.11 Å². The third kappa shape index (κ3) is 3.99. The van der Waals surface area contributed by atoms with Crippen molar-refractivity contribution in [2.24, 2.45) is 0 Å². The Labute approximate surface area is 126 Å². The summed E-state index contributed by atoms with van der Waals surface area (Å²) in [6.07, 6.45) is 1.03. The fourth-order valence-electron chi connectivity index (χ4n) is 2.36. The summed E-state index contributed by atoms with van der Waals surface area (Å²) in [6.45, 7) is 2.72. The summed E-state index contributed by atoms with van der Waals surface area (Å²) < 4.78 is 11.2. The van der Waals surface area contributed by atoms with Gasteiger partial charge in [0.1, 0.15) is 18.1 Å². The van der Waals surface area contributed by atoms with Gasteiger partial charge in [0.2, 0.25) is 0 Å². The Morgan fingerprint density at radius 1 is 1.05 bits per heavy atom. The molecule has 1 N–H and O–H groups in total. The van der Waals surface area contributed by atoms with Crippen molar-refractivity contribution in [2.45, 2.75) is 26.0 Å². The van der Waals surface area contributed by atoms with Crippen LogP contribution in [0.1, 0.15) is 30.5 Å². The minimum absolute atomic E-state index is 0.317. The van der Waals surface area contributed by atoms with Crippen LogP contribution in [0.2, 0.25) is 0 Å². The minimum atomic E-state index is 0.317. The van der Waals surface area contributed by atoms with Gasteiger partial charge in [-0.3, -0.25) is 0 Å². The summed E-state index contributed by atoms with van der Waals surface area (Å²) in [4.78, 5) is 0. The van der Waals surface area contributed by atoms with Gasteiger partial charge in [-0.1, -0.05) is 37.3 Å². The second-order valence-electron chi connectivity index (χ2n) is 4.92. The highest BCUT2D eigenvalue weighted by molar-refractivity contribution is 5.36. The van der Waals surface area contributed by atoms with E-state index in [1.54, 1.807) is 7.11 Å². The van der Waals surface area contributed by atoms with Crippen LogP contribution >= 0.6 is 0 Å². The van der Waals surface area contributed by atoms with Crippen LogP contribution in [0.3, 0.4) is 0 Å². The van der Waals surface area contributed by atoms with Crippen LogP contribution in [0.15, 0.2) is 48.5 Å². The van der Waals surface area contributed by atoms with E-state index in [0.717, 1.165) is 23.5 Å². The van der Waals surface area contributed by atoms with Crippen LogP contribution in [0.5, 0.6) is 11.5 Å². The van der Waals surface area contributed by atoms with Crippen molar-refractivity contribution in [3.63, 3.8) is 0 Å². The maximum atomic E-state index is 6.00. The molecule has 0 fully saturated rings. The van der Waals surface area contributed by atoms with E-state index in [-0.39, 0.29) is 0 Å². The first-order valence-corrected chi connectivity index (χ1v) is 7.30. The standard InChI is InChI=1S/C18H23NO2/c1-4-17(19-2)16-7-5-6-8-18(16)21-13-14-9-11-15(20-3)12-10-14/h5-12,17,19H,4,13H2,1-3H3. The van der Waals surface area contributed by atoms with Gasteiger partial charge in [-0.2, -0.15) is 0 Å². The smallest absolute Gasteiger partial charge is 0.124 e. The van der Waals surface area contributed by atoms with Gasteiger partial charge in [0, 0.05) is 11.6 Å². The zero-order chi connectivity index (χ0) is 15.1. The Morgan fingerprint density at radius 2 is 1.76 bits per heavy atom. The van der Waals surface area contributed by atoms with Crippen LogP contribution in [0.4, 0.5) is 0 Å². The Kier molecular flexibility index (Phi) is 5.64. The van der Waals surface area contributed by atoms with Gasteiger partial charge < -0.3 is 14.8 Å². The second-order valence-corrected chi connectivity index (χ2v) is 4.92. The van der Waals surface area contributed by atoms with Crippen molar-refractivity contribution in [2.75, 3.05) is 14.2 Å². The molecule has 3 heteroatoms. The molecule has 2 aromatic rings. The van der Waals surface area contributed by atoms with E-state index in [0.29, 0.717) is 12.6 Å². The van der Waals surface area contributed by atoms with Crippen molar-refractivity contribution in [1.29, 1.82) is 0 Å². The molecular weight excluding hydrogens is 262 g/mol. The molecule has 0 aliphatic heterocycles. The maximum absolute atomic E-state index is 6.00. The van der Waals surface area contributed by atoms with Gasteiger partial charge in [0.25, 0.3) is 0 Å². The summed E-state index contributed by atoms with van der Waals surface area (Å²) in [7, 11) is 3.65. The summed E-state index contributed by atoms with van der Waals surface area (Å²) in [5.41, 5.74) is 2.33. The largest absolute Gasteiger partial charge is 0.497 e. The monoisotopic (exact) mass is 285 g/mol. The van der Waals surface area contributed by atoms with Crippen molar-refractivity contribution < 1.29 is 9.47 Å². The van der Waals surface area contributed by atoms with E-state index in [4.69, 9.17) is 9.47 Å². The van der Waals surface area contributed by atoms with Gasteiger partial charge in [-0.15, -0.1) is 0 Å². The average Bonchev–Trinajstić information content (AvgIpc) is 2.55. The van der Waals surface area contributed by atoms with Crippen molar-refractivity contribution in [3.8, 4) is 11.5 Å². The summed E-state index contributed by atoms with van der Waals surface area (Å²) in [5, 5.41) is 3.33. The molecule has 1 atom stereocenters. The minimum Gasteiger partial charge on any atom is -0.497 e. The van der Waals surface area contributed by atoms with Crippen molar-refractivity contribution in [1.82, 2.24) is 5.32 Å². The lowest BCUT2D eigenvalue weighted by molar-refractivity contribution is 0.299. The molecule has 0 bridgehead atoms. The first-order valence-electron chi connectivity index (χ1n) is 7.30. The second kappa shape index (κ2) is 7.70. The van der Waals surface area contributed by atoms with E-state index < -0.39 is 0 Å². The number of ether oxygens (including phenoxy) is 2. The number of hydrogen-bond acceptors (Lipinski definition) is 3. The molecule has 0 radical (unpaired) electrons. The van der Waals surface area contributed by atoms with Crippen LogP contribution < -0.4 is 14.8 Å². The number of benzene rings is 2. The van der Waals surface area contributed by atoms with Crippen LogP contribution in [-0.4, -0.2) is 14.2 Å². The molecule has 0 aliphatic carbocycles. The zero-order valence-electron chi connectivity index (χ0n) is 12.9. The van der Waals surface area contributed by atoms with E-state index in [2.05, 4.69) is 24.4 Å². The lowest BCUT2D eigenvalue weighted by Crippen LogP contribution is -2.16. The van der Waals surface area contributed by atoms with Crippen LogP contribution in [-0.2, 0) is 6.61 Å². The SMILES string of the molecule is CCC(NC)c1ccccc1OCc1ccc(OC)cc1. The molecule has 0 spiro atoms. The molecule has 2 rings (SSSR count). The zero-order valence-corrected chi connectivity index (χ0v) is 12.9. The highest BCUT2D eigenvalue weighted by Crippen LogP contribution is 2.27. The van der Waals surface area contributed by atoms with Crippen molar-refractivity contribution in [3.05, 3.63) is 59.7 Å². The molecule has 2 aromatic carbocycles. The molecule has 0 aromatic heterocycles. The number of methoxy groups -OCH3 is 1. The number of nitrogens with one attached hydrogen (secondary N) is 1. The van der Waals surface area contributed by atoms with E-state index in [9.17, 15) is 0 Å². The normalized spacial score (nSPS) is 12.0. The lowest BCUT2D eigenvalue weighted by Gasteiger charge is -2.18. The molecule has 0 aliphatic rings. The molecule has 3 nitrogen and oxygen atoms in total. The molecule has 1 unspecified atom stereocenters. The van der Waals surface area contributed by atoms with Gasteiger partial charge >= 0.3 is 0 Å². The Balaban J connectivity index is 2.08. The number of rotatable bonds is 7. The van der Waals surface area contributed by atoms with Gasteiger partial charge in [-0.25, -0.2) is 0 Å². The maximum Gasteiger partial charge on any atom is 0.124 e. The van der Waals surface area contributed by atoms with E-state index in [1.165, 1.54) is 5.56 Å². The summed E-state index contributed by atoms with van der Waals surface area (Å²) in [5.74, 6) is 1.80. The lowest BCUT2D eigenvalue weighted by atomic mass is 10.0. The van der Waals surface area contributed by atoms with Gasteiger partial charge in [-0.05, 0) is 37.2 Å². The van der Waals surface area contributed by atoms with Gasteiger partial charge in [0.15, 0.2) is 0 Å². The third-order valence-electron chi connectivity index (χ3n) is 3.60. The topological polar surface area (TPSA) is 30.5 Å². The summed E-state index contributed by atoms with van der Waals surface area (Å²) in [6, 6.07) is 16.5. The predicted molar refractivity (Wildman–Crippen MR) is 85.9 cm³/mol. The average molecular weight is 285 g/mol. The molecular formula is C18H23NO2. The van der Waals surface area contributed by atoms with Crippen LogP contribution in [0.25, 0.3) is 0 Å². The molecule has 112 valence electrons. The number of para-hydroxylation sites is 1. The quantitative estimate of drug-likeness (QED) is 0.835. The molecule has 0 saturated carbocycles. The molecule has 0 saturated heterocycles. The molecule has 0 amide bonds. The first kappa shape index (κ1) is 15.4. The fraction of sp³-hybridized carbons (Fsp3) is 0.333. The summed E-state index contributed by atoms with van der Waals surface area (Å²) >= 11 is 0. The van der Waals surface area contributed by atoms with E-state index in [1.807, 2.05) is 43.4 Å². The van der Waals surface area contributed by atoms with Crippen molar-refractivity contribution >= 4 is 0 Å².